The Balaban J connectivity index is 0.000000173. The van der Waals surface area contributed by atoms with E-state index in [4.69, 9.17) is 23.2 Å². The maximum atomic E-state index is 13.5. The van der Waals surface area contributed by atoms with Crippen molar-refractivity contribution in [2.24, 2.45) is 0 Å². The summed E-state index contributed by atoms with van der Waals surface area (Å²) in [6.07, 6.45) is 3.33. The summed E-state index contributed by atoms with van der Waals surface area (Å²) < 4.78 is 13.5. The van der Waals surface area contributed by atoms with E-state index in [2.05, 4.69) is 25.1 Å². The van der Waals surface area contributed by atoms with Crippen molar-refractivity contribution in [1.82, 2.24) is 25.1 Å². The molecule has 3 aromatic heterocycles. The molecule has 8 heteroatoms. The molecule has 0 atom stereocenters. The van der Waals surface area contributed by atoms with Crippen LogP contribution in [0.3, 0.4) is 0 Å². The van der Waals surface area contributed by atoms with E-state index in [1.165, 1.54) is 6.07 Å². The highest BCUT2D eigenvalue weighted by atomic mass is 35.5. The molecular formula is C17H12Cl2FN5. The number of imidazole rings is 1. The molecule has 0 spiro atoms. The number of aromatic nitrogens is 5. The van der Waals surface area contributed by atoms with E-state index < -0.39 is 0 Å². The number of aromatic amines is 1. The average molecular weight is 376 g/mol. The Hall–Kier alpha value is -2.57. The molecule has 5 nitrogen and oxygen atoms in total. The van der Waals surface area contributed by atoms with Gasteiger partial charge in [-0.2, -0.15) is 5.10 Å². The second-order valence-corrected chi connectivity index (χ2v) is 5.59. The first-order valence-electron chi connectivity index (χ1n) is 7.26. The smallest absolute Gasteiger partial charge is 0.151 e. The topological polar surface area (TPSA) is 67.3 Å². The van der Waals surface area contributed by atoms with Gasteiger partial charge < -0.3 is 4.98 Å². The molecule has 0 unspecified atom stereocenters. The lowest BCUT2D eigenvalue weighted by Gasteiger charge is -1.96. The van der Waals surface area contributed by atoms with E-state index in [1.807, 2.05) is 0 Å². The van der Waals surface area contributed by atoms with Crippen molar-refractivity contribution in [3.8, 4) is 11.4 Å². The van der Waals surface area contributed by atoms with Crippen LogP contribution >= 0.6 is 23.2 Å². The first kappa shape index (κ1) is 17.3. The number of H-pyrrole nitrogens is 1. The SMILES string of the molecule is ClCc1ccc(Cl)nn1.Fc1ccccc1-c1nc2ccncc2[nH]1. The highest BCUT2D eigenvalue weighted by molar-refractivity contribution is 6.29. The molecule has 0 aliphatic heterocycles. The van der Waals surface area contributed by atoms with Gasteiger partial charge in [0, 0.05) is 6.20 Å². The number of pyridine rings is 1. The molecule has 0 bridgehead atoms. The van der Waals surface area contributed by atoms with Gasteiger partial charge in [-0.1, -0.05) is 23.7 Å². The van der Waals surface area contributed by atoms with Gasteiger partial charge in [0.2, 0.25) is 0 Å². The molecule has 25 heavy (non-hydrogen) atoms. The van der Waals surface area contributed by atoms with Crippen molar-refractivity contribution in [3.05, 3.63) is 71.5 Å². The molecule has 0 aliphatic carbocycles. The number of benzene rings is 1. The normalized spacial score (nSPS) is 10.4. The fraction of sp³-hybridized carbons (Fsp3) is 0.0588. The first-order valence-corrected chi connectivity index (χ1v) is 8.17. The van der Waals surface area contributed by atoms with Gasteiger partial charge in [-0.3, -0.25) is 4.98 Å². The van der Waals surface area contributed by atoms with E-state index in [1.54, 1.807) is 48.8 Å². The van der Waals surface area contributed by atoms with Gasteiger partial charge in [-0.25, -0.2) is 9.37 Å². The van der Waals surface area contributed by atoms with Crippen molar-refractivity contribution >= 4 is 34.2 Å². The minimum absolute atomic E-state index is 0.283. The molecule has 1 N–H and O–H groups in total. The zero-order chi connectivity index (χ0) is 17.6. The number of hydrogen-bond acceptors (Lipinski definition) is 4. The highest BCUT2D eigenvalue weighted by Gasteiger charge is 2.08. The Labute approximate surface area is 152 Å². The zero-order valence-corrected chi connectivity index (χ0v) is 14.3. The van der Waals surface area contributed by atoms with Crippen LogP contribution < -0.4 is 0 Å². The maximum absolute atomic E-state index is 13.5. The largest absolute Gasteiger partial charge is 0.337 e. The minimum atomic E-state index is -0.283. The summed E-state index contributed by atoms with van der Waals surface area (Å²) in [5, 5.41) is 7.66. The molecule has 4 rings (SSSR count). The summed E-state index contributed by atoms with van der Waals surface area (Å²) in [6, 6.07) is 11.7. The summed E-state index contributed by atoms with van der Waals surface area (Å²) in [4.78, 5) is 11.3. The third-order valence-electron chi connectivity index (χ3n) is 3.24. The summed E-state index contributed by atoms with van der Waals surface area (Å²) in [7, 11) is 0. The molecule has 126 valence electrons. The fourth-order valence-electron chi connectivity index (χ4n) is 2.05. The Morgan fingerprint density at radius 1 is 1.04 bits per heavy atom. The quantitative estimate of drug-likeness (QED) is 0.518. The number of nitrogens with one attached hydrogen (secondary N) is 1. The van der Waals surface area contributed by atoms with Crippen molar-refractivity contribution in [2.45, 2.75) is 5.88 Å². The maximum Gasteiger partial charge on any atom is 0.151 e. The van der Waals surface area contributed by atoms with Crippen LogP contribution in [0.2, 0.25) is 5.15 Å². The molecule has 1 aromatic carbocycles. The van der Waals surface area contributed by atoms with Crippen LogP contribution in [0.25, 0.3) is 22.4 Å². The number of alkyl halides is 1. The molecular weight excluding hydrogens is 364 g/mol. The van der Waals surface area contributed by atoms with Crippen LogP contribution in [0.4, 0.5) is 4.39 Å². The summed E-state index contributed by atoms with van der Waals surface area (Å²) >= 11 is 10.9. The fourth-order valence-corrected chi connectivity index (χ4v) is 2.30. The molecule has 4 aromatic rings. The average Bonchev–Trinajstić information content (AvgIpc) is 3.07. The van der Waals surface area contributed by atoms with Gasteiger partial charge in [-0.15, -0.1) is 16.7 Å². The van der Waals surface area contributed by atoms with Crippen LogP contribution in [0.1, 0.15) is 5.69 Å². The van der Waals surface area contributed by atoms with Gasteiger partial charge in [0.15, 0.2) is 5.15 Å². The number of nitrogens with zero attached hydrogens (tertiary/aromatic N) is 4. The van der Waals surface area contributed by atoms with Crippen LogP contribution in [0.5, 0.6) is 0 Å². The standard InChI is InChI=1S/C12H8FN3.C5H4Cl2N2/c13-9-4-2-1-3-8(9)12-15-10-5-6-14-7-11(10)16-12;6-3-4-1-2-5(7)9-8-4/h1-7H,(H,15,16);1-2H,3H2. The molecule has 0 radical (unpaired) electrons. The lowest BCUT2D eigenvalue weighted by atomic mass is 10.2. The van der Waals surface area contributed by atoms with Crippen molar-refractivity contribution in [1.29, 1.82) is 0 Å². The van der Waals surface area contributed by atoms with Gasteiger partial charge in [-0.05, 0) is 30.3 Å². The van der Waals surface area contributed by atoms with Gasteiger partial charge in [0.25, 0.3) is 0 Å². The van der Waals surface area contributed by atoms with Crippen LogP contribution in [0, 0.1) is 5.82 Å². The summed E-state index contributed by atoms with van der Waals surface area (Å²) in [5.74, 6) is 0.625. The Bertz CT molecular complexity index is 939. The Morgan fingerprint density at radius 2 is 1.88 bits per heavy atom. The van der Waals surface area contributed by atoms with E-state index in [-0.39, 0.29) is 5.82 Å². The number of halogens is 3. The number of fused-ring (bicyclic) bond motifs is 1. The van der Waals surface area contributed by atoms with Gasteiger partial charge in [0.05, 0.1) is 34.4 Å². The van der Waals surface area contributed by atoms with Crippen molar-refractivity contribution in [3.63, 3.8) is 0 Å². The Kier molecular flexibility index (Phi) is 5.53. The molecule has 0 saturated heterocycles. The third kappa shape index (κ3) is 4.29. The third-order valence-corrected chi connectivity index (χ3v) is 3.71. The van der Waals surface area contributed by atoms with Gasteiger partial charge in [0.1, 0.15) is 11.6 Å². The van der Waals surface area contributed by atoms with E-state index in [0.29, 0.717) is 22.4 Å². The molecule has 0 fully saturated rings. The first-order chi connectivity index (χ1) is 12.2. The highest BCUT2D eigenvalue weighted by Crippen LogP contribution is 2.21. The summed E-state index contributed by atoms with van der Waals surface area (Å²) in [6.45, 7) is 0. The lowest BCUT2D eigenvalue weighted by Crippen LogP contribution is -1.87. The van der Waals surface area contributed by atoms with Crippen molar-refractivity contribution in [2.75, 3.05) is 0 Å². The van der Waals surface area contributed by atoms with Gasteiger partial charge >= 0.3 is 0 Å². The molecule has 3 heterocycles. The van der Waals surface area contributed by atoms with E-state index >= 15 is 0 Å². The van der Waals surface area contributed by atoms with Crippen LogP contribution in [0.15, 0.2) is 54.9 Å². The zero-order valence-electron chi connectivity index (χ0n) is 12.8. The van der Waals surface area contributed by atoms with Crippen molar-refractivity contribution < 1.29 is 4.39 Å². The van der Waals surface area contributed by atoms with E-state index in [0.717, 1.165) is 16.7 Å². The summed E-state index contributed by atoms with van der Waals surface area (Å²) in [5.41, 5.74) is 2.80. The number of rotatable bonds is 2. The molecule has 0 amide bonds. The predicted molar refractivity (Wildman–Crippen MR) is 95.9 cm³/mol. The van der Waals surface area contributed by atoms with Crippen LogP contribution in [-0.4, -0.2) is 25.1 Å². The monoisotopic (exact) mass is 375 g/mol. The predicted octanol–water partition coefficient (Wildman–Crippen LogP) is 4.63. The molecule has 0 aliphatic rings. The minimum Gasteiger partial charge on any atom is -0.337 e. The molecule has 0 saturated carbocycles. The number of hydrogen-bond donors (Lipinski definition) is 1. The second kappa shape index (κ2) is 8.00. The second-order valence-electron chi connectivity index (χ2n) is 4.94. The Morgan fingerprint density at radius 3 is 2.56 bits per heavy atom. The lowest BCUT2D eigenvalue weighted by molar-refractivity contribution is 0.630. The van der Waals surface area contributed by atoms with Crippen LogP contribution in [-0.2, 0) is 5.88 Å². The van der Waals surface area contributed by atoms with E-state index in [9.17, 15) is 4.39 Å².